The summed E-state index contributed by atoms with van der Waals surface area (Å²) >= 11 is 0. The number of para-hydroxylation sites is 2. The normalized spacial score (nSPS) is 15.2. The van der Waals surface area contributed by atoms with Crippen molar-refractivity contribution in [3.63, 3.8) is 0 Å². The lowest BCUT2D eigenvalue weighted by Crippen LogP contribution is -2.34. The number of carbonyl (C=O) groups excluding carboxylic acids is 1. The molecule has 2 N–H and O–H groups in total. The first-order valence-electron chi connectivity index (χ1n) is 9.62. The lowest BCUT2D eigenvalue weighted by molar-refractivity contribution is -0.121. The Kier molecular flexibility index (Phi) is 4.84. The van der Waals surface area contributed by atoms with Crippen molar-refractivity contribution >= 4 is 16.9 Å². The van der Waals surface area contributed by atoms with Crippen LogP contribution in [0.5, 0.6) is 5.75 Å². The quantitative estimate of drug-likeness (QED) is 0.697. The SMILES string of the molecule is CC[C@H](C)[C@H](NC(=O)Cc1ccc2c(c1)OCC2)c1nc2ccccc2[nH]1. The van der Waals surface area contributed by atoms with E-state index in [1.54, 1.807) is 0 Å². The topological polar surface area (TPSA) is 67.0 Å². The number of imidazole rings is 1. The van der Waals surface area contributed by atoms with E-state index in [0.717, 1.165) is 47.6 Å². The second-order valence-electron chi connectivity index (χ2n) is 7.29. The van der Waals surface area contributed by atoms with Crippen LogP contribution in [0.15, 0.2) is 42.5 Å². The van der Waals surface area contributed by atoms with E-state index in [0.29, 0.717) is 6.42 Å². The van der Waals surface area contributed by atoms with Crippen molar-refractivity contribution < 1.29 is 9.53 Å². The maximum Gasteiger partial charge on any atom is 0.225 e. The third-order valence-corrected chi connectivity index (χ3v) is 5.36. The zero-order valence-electron chi connectivity index (χ0n) is 15.8. The number of fused-ring (bicyclic) bond motifs is 2. The van der Waals surface area contributed by atoms with E-state index in [4.69, 9.17) is 9.72 Å². The number of hydrogen-bond donors (Lipinski definition) is 2. The van der Waals surface area contributed by atoms with Gasteiger partial charge in [0.25, 0.3) is 0 Å². The Bertz CT molecular complexity index is 930. The number of rotatable bonds is 6. The molecule has 1 aliphatic heterocycles. The van der Waals surface area contributed by atoms with Gasteiger partial charge >= 0.3 is 0 Å². The van der Waals surface area contributed by atoms with E-state index in [1.165, 1.54) is 5.56 Å². The number of aromatic nitrogens is 2. The summed E-state index contributed by atoms with van der Waals surface area (Å²) in [5, 5.41) is 3.19. The van der Waals surface area contributed by atoms with Crippen LogP contribution in [0.2, 0.25) is 0 Å². The van der Waals surface area contributed by atoms with Crippen LogP contribution in [0.1, 0.15) is 43.3 Å². The van der Waals surface area contributed by atoms with Gasteiger partial charge in [0.2, 0.25) is 5.91 Å². The minimum atomic E-state index is -0.138. The Morgan fingerprint density at radius 2 is 2.15 bits per heavy atom. The summed E-state index contributed by atoms with van der Waals surface area (Å²) in [5.41, 5.74) is 4.11. The average molecular weight is 363 g/mol. The molecule has 4 rings (SSSR count). The van der Waals surface area contributed by atoms with Crippen LogP contribution in [-0.4, -0.2) is 22.5 Å². The lowest BCUT2D eigenvalue weighted by Gasteiger charge is -2.22. The second-order valence-corrected chi connectivity index (χ2v) is 7.29. The van der Waals surface area contributed by atoms with Gasteiger partial charge < -0.3 is 15.0 Å². The number of amides is 1. The van der Waals surface area contributed by atoms with Crippen molar-refractivity contribution in [1.82, 2.24) is 15.3 Å². The molecule has 1 aliphatic rings. The highest BCUT2D eigenvalue weighted by Crippen LogP contribution is 2.27. The molecule has 2 aromatic carbocycles. The predicted octanol–water partition coefficient (Wildman–Crippen LogP) is 3.94. The van der Waals surface area contributed by atoms with Crippen LogP contribution in [0.25, 0.3) is 11.0 Å². The summed E-state index contributed by atoms with van der Waals surface area (Å²) in [6, 6.07) is 13.9. The molecular formula is C22H25N3O2. The van der Waals surface area contributed by atoms with Crippen LogP contribution in [0.3, 0.4) is 0 Å². The van der Waals surface area contributed by atoms with E-state index < -0.39 is 0 Å². The van der Waals surface area contributed by atoms with Crippen molar-refractivity contribution in [2.75, 3.05) is 6.61 Å². The number of hydrogen-bond acceptors (Lipinski definition) is 3. The fourth-order valence-electron chi connectivity index (χ4n) is 3.57. The average Bonchev–Trinajstić information content (AvgIpc) is 3.31. The Morgan fingerprint density at radius 3 is 2.96 bits per heavy atom. The number of ether oxygens (including phenoxy) is 1. The Labute approximate surface area is 159 Å². The highest BCUT2D eigenvalue weighted by atomic mass is 16.5. The minimum absolute atomic E-state index is 0.00120. The third-order valence-electron chi connectivity index (χ3n) is 5.36. The van der Waals surface area contributed by atoms with Crippen LogP contribution in [-0.2, 0) is 17.6 Å². The molecule has 0 aliphatic carbocycles. The van der Waals surface area contributed by atoms with Gasteiger partial charge in [-0.25, -0.2) is 4.98 Å². The number of H-pyrrole nitrogens is 1. The monoisotopic (exact) mass is 363 g/mol. The van der Waals surface area contributed by atoms with Gasteiger partial charge in [0.1, 0.15) is 11.6 Å². The van der Waals surface area contributed by atoms with Gasteiger partial charge in [-0.3, -0.25) is 4.79 Å². The van der Waals surface area contributed by atoms with Gasteiger partial charge in [-0.1, -0.05) is 44.5 Å². The van der Waals surface area contributed by atoms with Crippen LogP contribution < -0.4 is 10.1 Å². The Hall–Kier alpha value is -2.82. The number of benzene rings is 2. The van der Waals surface area contributed by atoms with Gasteiger partial charge in [0.05, 0.1) is 30.1 Å². The molecule has 0 saturated carbocycles. The fraction of sp³-hybridized carbons (Fsp3) is 0.364. The first kappa shape index (κ1) is 17.6. The van der Waals surface area contributed by atoms with Gasteiger partial charge in [0.15, 0.2) is 0 Å². The second kappa shape index (κ2) is 7.43. The highest BCUT2D eigenvalue weighted by Gasteiger charge is 2.24. The molecule has 0 fully saturated rings. The summed E-state index contributed by atoms with van der Waals surface area (Å²) in [5.74, 6) is 2.00. The largest absolute Gasteiger partial charge is 0.493 e. The van der Waals surface area contributed by atoms with Crippen molar-refractivity contribution in [2.24, 2.45) is 5.92 Å². The first-order chi connectivity index (χ1) is 13.1. The van der Waals surface area contributed by atoms with E-state index in [2.05, 4.69) is 30.2 Å². The summed E-state index contributed by atoms with van der Waals surface area (Å²) in [6.45, 7) is 5.00. The third kappa shape index (κ3) is 3.68. The molecule has 0 unspecified atom stereocenters. The van der Waals surface area contributed by atoms with Gasteiger partial charge in [-0.05, 0) is 35.2 Å². The molecular weight excluding hydrogens is 338 g/mol. The van der Waals surface area contributed by atoms with E-state index >= 15 is 0 Å². The molecule has 2 heterocycles. The highest BCUT2D eigenvalue weighted by molar-refractivity contribution is 5.79. The van der Waals surface area contributed by atoms with Crippen LogP contribution >= 0.6 is 0 Å². The van der Waals surface area contributed by atoms with E-state index in [1.807, 2.05) is 36.4 Å². The summed E-state index contributed by atoms with van der Waals surface area (Å²) in [7, 11) is 0. The molecule has 140 valence electrons. The number of nitrogens with zero attached hydrogens (tertiary/aromatic N) is 1. The predicted molar refractivity (Wildman–Crippen MR) is 106 cm³/mol. The van der Waals surface area contributed by atoms with Crippen LogP contribution in [0.4, 0.5) is 0 Å². The minimum Gasteiger partial charge on any atom is -0.493 e. The zero-order chi connectivity index (χ0) is 18.8. The zero-order valence-corrected chi connectivity index (χ0v) is 15.8. The molecule has 2 atom stereocenters. The van der Waals surface area contributed by atoms with Crippen molar-refractivity contribution in [3.05, 3.63) is 59.4 Å². The molecule has 0 bridgehead atoms. The Morgan fingerprint density at radius 1 is 1.30 bits per heavy atom. The van der Waals surface area contributed by atoms with Crippen molar-refractivity contribution in [3.8, 4) is 5.75 Å². The molecule has 5 nitrogen and oxygen atoms in total. The maximum absolute atomic E-state index is 12.7. The Balaban J connectivity index is 1.52. The molecule has 0 radical (unpaired) electrons. The van der Waals surface area contributed by atoms with Gasteiger partial charge in [-0.2, -0.15) is 0 Å². The molecule has 5 heteroatoms. The molecule has 27 heavy (non-hydrogen) atoms. The molecule has 0 spiro atoms. The van der Waals surface area contributed by atoms with E-state index in [9.17, 15) is 4.79 Å². The first-order valence-corrected chi connectivity index (χ1v) is 9.62. The number of carbonyl (C=O) groups is 1. The summed E-state index contributed by atoms with van der Waals surface area (Å²) < 4.78 is 5.61. The lowest BCUT2D eigenvalue weighted by atomic mass is 9.98. The molecule has 3 aromatic rings. The van der Waals surface area contributed by atoms with Crippen molar-refractivity contribution in [2.45, 2.75) is 39.2 Å². The van der Waals surface area contributed by atoms with E-state index in [-0.39, 0.29) is 17.9 Å². The van der Waals surface area contributed by atoms with Gasteiger partial charge in [-0.15, -0.1) is 0 Å². The maximum atomic E-state index is 12.7. The number of aromatic amines is 1. The van der Waals surface area contributed by atoms with Crippen molar-refractivity contribution in [1.29, 1.82) is 0 Å². The van der Waals surface area contributed by atoms with Gasteiger partial charge in [0, 0.05) is 6.42 Å². The molecule has 1 amide bonds. The summed E-state index contributed by atoms with van der Waals surface area (Å²) in [6.07, 6.45) is 2.24. The standard InChI is InChI=1S/C22H25N3O2/c1-3-14(2)21(22-23-17-6-4-5-7-18(17)24-22)25-20(26)13-15-8-9-16-10-11-27-19(16)12-15/h4-9,12,14,21H,3,10-11,13H2,1-2H3,(H,23,24)(H,25,26)/t14-,21-/m0/s1. The molecule has 0 saturated heterocycles. The smallest absolute Gasteiger partial charge is 0.225 e. The van der Waals surface area contributed by atoms with Crippen LogP contribution in [0, 0.1) is 5.92 Å². The fourth-order valence-corrected chi connectivity index (χ4v) is 3.57. The molecule has 1 aromatic heterocycles. The summed E-state index contributed by atoms with van der Waals surface area (Å²) in [4.78, 5) is 20.8. The number of nitrogens with one attached hydrogen (secondary N) is 2.